The highest BCUT2D eigenvalue weighted by molar-refractivity contribution is 5.39. The molecule has 118 valence electrons. The van der Waals surface area contributed by atoms with Gasteiger partial charge in [-0.3, -0.25) is 0 Å². The maximum absolute atomic E-state index is 4.47. The normalized spacial score (nSPS) is 10.7. The number of benzene rings is 1. The Morgan fingerprint density at radius 1 is 1.00 bits per heavy atom. The van der Waals surface area contributed by atoms with Crippen molar-refractivity contribution in [3.05, 3.63) is 48.2 Å². The van der Waals surface area contributed by atoms with Crippen LogP contribution in [0.25, 0.3) is 0 Å². The van der Waals surface area contributed by atoms with Crippen molar-refractivity contribution in [1.29, 1.82) is 0 Å². The Labute approximate surface area is 132 Å². The molecule has 0 spiro atoms. The molecule has 0 radical (unpaired) electrons. The lowest BCUT2D eigenvalue weighted by Crippen LogP contribution is -2.17. The van der Waals surface area contributed by atoms with E-state index >= 15 is 0 Å². The highest BCUT2D eigenvalue weighted by Gasteiger charge is 1.99. The average molecular weight is 299 g/mol. The number of aromatic nitrogens is 2. The number of nitrogens with one attached hydrogen (secondary N) is 2. The van der Waals surface area contributed by atoms with Gasteiger partial charge in [0.2, 0.25) is 5.95 Å². The third kappa shape index (κ3) is 6.10. The lowest BCUT2D eigenvalue weighted by molar-refractivity contribution is 0.405. The molecule has 0 unspecified atom stereocenters. The number of rotatable bonds is 9. The van der Waals surface area contributed by atoms with Crippen LogP contribution in [-0.2, 0) is 6.42 Å². The summed E-state index contributed by atoms with van der Waals surface area (Å²) in [6.45, 7) is 2.81. The maximum Gasteiger partial charge on any atom is 0.224 e. The SMILES string of the molecule is CN(C)CCCNc1ccnc(NCCc2ccccc2)n1. The monoisotopic (exact) mass is 299 g/mol. The molecule has 0 aliphatic rings. The molecule has 0 saturated carbocycles. The summed E-state index contributed by atoms with van der Waals surface area (Å²) in [4.78, 5) is 10.9. The van der Waals surface area contributed by atoms with Gasteiger partial charge >= 0.3 is 0 Å². The largest absolute Gasteiger partial charge is 0.370 e. The van der Waals surface area contributed by atoms with Gasteiger partial charge in [0.05, 0.1) is 0 Å². The van der Waals surface area contributed by atoms with Crippen molar-refractivity contribution in [2.75, 3.05) is 44.4 Å². The molecule has 2 aromatic rings. The fourth-order valence-corrected chi connectivity index (χ4v) is 2.12. The average Bonchev–Trinajstić information content (AvgIpc) is 2.53. The molecule has 0 saturated heterocycles. The van der Waals surface area contributed by atoms with Crippen LogP contribution in [0.2, 0.25) is 0 Å². The molecule has 0 aliphatic carbocycles. The Hall–Kier alpha value is -2.14. The predicted molar refractivity (Wildman–Crippen MR) is 92.3 cm³/mol. The Kier molecular flexibility index (Phi) is 6.64. The zero-order valence-electron chi connectivity index (χ0n) is 13.4. The second-order valence-electron chi connectivity index (χ2n) is 5.51. The maximum atomic E-state index is 4.47. The summed E-state index contributed by atoms with van der Waals surface area (Å²) in [5, 5.41) is 6.60. The topological polar surface area (TPSA) is 53.1 Å². The van der Waals surface area contributed by atoms with Crippen LogP contribution >= 0.6 is 0 Å². The van der Waals surface area contributed by atoms with Gasteiger partial charge in [-0.15, -0.1) is 0 Å². The van der Waals surface area contributed by atoms with Gasteiger partial charge in [0.25, 0.3) is 0 Å². The van der Waals surface area contributed by atoms with Crippen LogP contribution in [0.5, 0.6) is 0 Å². The van der Waals surface area contributed by atoms with Gasteiger partial charge in [-0.05, 0) is 45.1 Å². The Bertz CT molecular complexity index is 542. The van der Waals surface area contributed by atoms with Crippen LogP contribution in [0.1, 0.15) is 12.0 Å². The van der Waals surface area contributed by atoms with Crippen molar-refractivity contribution >= 4 is 11.8 Å². The zero-order valence-corrected chi connectivity index (χ0v) is 13.4. The quantitative estimate of drug-likeness (QED) is 0.697. The minimum Gasteiger partial charge on any atom is -0.370 e. The van der Waals surface area contributed by atoms with Crippen LogP contribution < -0.4 is 10.6 Å². The molecule has 22 heavy (non-hydrogen) atoms. The van der Waals surface area contributed by atoms with Gasteiger partial charge in [0.15, 0.2) is 0 Å². The molecule has 2 N–H and O–H groups in total. The van der Waals surface area contributed by atoms with E-state index in [1.165, 1.54) is 5.56 Å². The van der Waals surface area contributed by atoms with Crippen molar-refractivity contribution in [3.8, 4) is 0 Å². The molecular formula is C17H25N5. The minimum absolute atomic E-state index is 0.675. The molecule has 1 aromatic heterocycles. The van der Waals surface area contributed by atoms with E-state index in [4.69, 9.17) is 0 Å². The summed E-state index contributed by atoms with van der Waals surface area (Å²) in [6, 6.07) is 12.3. The van der Waals surface area contributed by atoms with E-state index in [1.807, 2.05) is 12.1 Å². The lowest BCUT2D eigenvalue weighted by atomic mass is 10.1. The van der Waals surface area contributed by atoms with Crippen molar-refractivity contribution < 1.29 is 0 Å². The first-order chi connectivity index (χ1) is 10.7. The van der Waals surface area contributed by atoms with E-state index < -0.39 is 0 Å². The first-order valence-electron chi connectivity index (χ1n) is 7.73. The number of anilines is 2. The van der Waals surface area contributed by atoms with E-state index in [9.17, 15) is 0 Å². The molecule has 0 aliphatic heterocycles. The summed E-state index contributed by atoms with van der Waals surface area (Å²) in [5.41, 5.74) is 1.31. The van der Waals surface area contributed by atoms with E-state index in [0.717, 1.165) is 38.3 Å². The van der Waals surface area contributed by atoms with E-state index in [-0.39, 0.29) is 0 Å². The summed E-state index contributed by atoms with van der Waals surface area (Å²) >= 11 is 0. The van der Waals surface area contributed by atoms with Crippen molar-refractivity contribution in [2.45, 2.75) is 12.8 Å². The van der Waals surface area contributed by atoms with Gasteiger partial charge in [-0.25, -0.2) is 4.98 Å². The van der Waals surface area contributed by atoms with Gasteiger partial charge in [0, 0.05) is 19.3 Å². The van der Waals surface area contributed by atoms with Gasteiger partial charge in [-0.2, -0.15) is 4.98 Å². The Balaban J connectivity index is 1.74. The van der Waals surface area contributed by atoms with E-state index in [1.54, 1.807) is 6.20 Å². The van der Waals surface area contributed by atoms with E-state index in [2.05, 4.69) is 63.9 Å². The van der Waals surface area contributed by atoms with Gasteiger partial charge in [-0.1, -0.05) is 30.3 Å². The number of nitrogens with zero attached hydrogens (tertiary/aromatic N) is 3. The molecule has 1 heterocycles. The standard InChI is InChI=1S/C17H25N5/c1-22(2)14-6-11-18-16-10-13-20-17(21-16)19-12-9-15-7-4-3-5-8-15/h3-5,7-8,10,13H,6,9,11-12,14H2,1-2H3,(H2,18,19,20,21). The number of hydrogen-bond acceptors (Lipinski definition) is 5. The lowest BCUT2D eigenvalue weighted by Gasteiger charge is -2.11. The second kappa shape index (κ2) is 9.00. The first-order valence-corrected chi connectivity index (χ1v) is 7.73. The van der Waals surface area contributed by atoms with Crippen LogP contribution in [0.15, 0.2) is 42.6 Å². The zero-order chi connectivity index (χ0) is 15.6. The van der Waals surface area contributed by atoms with E-state index in [0.29, 0.717) is 5.95 Å². The van der Waals surface area contributed by atoms with Crippen molar-refractivity contribution in [2.24, 2.45) is 0 Å². The summed E-state index contributed by atoms with van der Waals surface area (Å²) < 4.78 is 0. The predicted octanol–water partition coefficient (Wildman–Crippen LogP) is 2.49. The minimum atomic E-state index is 0.675. The summed E-state index contributed by atoms with van der Waals surface area (Å²) in [5.74, 6) is 1.55. The molecule has 0 bridgehead atoms. The second-order valence-corrected chi connectivity index (χ2v) is 5.51. The Morgan fingerprint density at radius 3 is 2.59 bits per heavy atom. The smallest absolute Gasteiger partial charge is 0.224 e. The van der Waals surface area contributed by atoms with Crippen LogP contribution in [0, 0.1) is 0 Å². The van der Waals surface area contributed by atoms with Gasteiger partial charge in [0.1, 0.15) is 5.82 Å². The van der Waals surface area contributed by atoms with Crippen LogP contribution in [0.3, 0.4) is 0 Å². The molecule has 5 heteroatoms. The van der Waals surface area contributed by atoms with Crippen LogP contribution in [-0.4, -0.2) is 48.6 Å². The van der Waals surface area contributed by atoms with Crippen molar-refractivity contribution in [3.63, 3.8) is 0 Å². The molecule has 5 nitrogen and oxygen atoms in total. The molecular weight excluding hydrogens is 274 g/mol. The van der Waals surface area contributed by atoms with Crippen molar-refractivity contribution in [1.82, 2.24) is 14.9 Å². The highest BCUT2D eigenvalue weighted by atomic mass is 15.1. The molecule has 0 atom stereocenters. The fourth-order valence-electron chi connectivity index (χ4n) is 2.12. The number of hydrogen-bond donors (Lipinski definition) is 2. The Morgan fingerprint density at radius 2 is 1.82 bits per heavy atom. The molecule has 0 amide bonds. The van der Waals surface area contributed by atoms with Gasteiger partial charge < -0.3 is 15.5 Å². The molecule has 1 aromatic carbocycles. The fraction of sp³-hybridized carbons (Fsp3) is 0.412. The first kappa shape index (κ1) is 16.2. The third-order valence-electron chi connectivity index (χ3n) is 3.28. The third-order valence-corrected chi connectivity index (χ3v) is 3.28. The summed E-state index contributed by atoms with van der Waals surface area (Å²) in [7, 11) is 4.17. The molecule has 2 rings (SSSR count). The summed E-state index contributed by atoms with van der Waals surface area (Å²) in [6.07, 6.45) is 3.84. The highest BCUT2D eigenvalue weighted by Crippen LogP contribution is 2.06. The molecule has 0 fully saturated rings. The van der Waals surface area contributed by atoms with Crippen LogP contribution in [0.4, 0.5) is 11.8 Å².